The second kappa shape index (κ2) is 7.61. The number of nitrogens with two attached hydrogens (primary N) is 1. The minimum absolute atomic E-state index is 0.0239. The zero-order valence-corrected chi connectivity index (χ0v) is 12.5. The molecule has 1 aliphatic rings. The molecule has 2 N–H and O–H groups in total. The van der Waals surface area contributed by atoms with Gasteiger partial charge >= 0.3 is 0 Å². The minimum Gasteiger partial charge on any atom is -0.484 e. The highest BCUT2D eigenvalue weighted by atomic mass is 16.5. The van der Waals surface area contributed by atoms with Crippen molar-refractivity contribution >= 4 is 17.9 Å². The van der Waals surface area contributed by atoms with Gasteiger partial charge in [-0.15, -0.1) is 0 Å². The summed E-state index contributed by atoms with van der Waals surface area (Å²) in [7, 11) is 0. The molecule has 0 saturated carbocycles. The molecule has 0 radical (unpaired) electrons. The fraction of sp³-hybridized carbons (Fsp3) is 0.375. The predicted molar refractivity (Wildman–Crippen MR) is 82.2 cm³/mol. The van der Waals surface area contributed by atoms with Crippen LogP contribution in [0.3, 0.4) is 0 Å². The van der Waals surface area contributed by atoms with Crippen LogP contribution in [0.4, 0.5) is 0 Å². The summed E-state index contributed by atoms with van der Waals surface area (Å²) in [5, 5.41) is 0. The predicted octanol–water partition coefficient (Wildman–Crippen LogP) is 0.811. The molecule has 22 heavy (non-hydrogen) atoms. The van der Waals surface area contributed by atoms with Gasteiger partial charge < -0.3 is 20.1 Å². The molecule has 1 fully saturated rings. The first-order valence-electron chi connectivity index (χ1n) is 7.14. The molecule has 1 saturated heterocycles. The molecule has 0 aromatic heterocycles. The minimum atomic E-state index is -0.519. The highest BCUT2D eigenvalue weighted by Gasteiger charge is 2.19. The smallest absolute Gasteiger partial charge is 0.255 e. The van der Waals surface area contributed by atoms with Crippen LogP contribution in [0.25, 0.3) is 6.08 Å². The lowest BCUT2D eigenvalue weighted by Gasteiger charge is -2.30. The number of benzene rings is 1. The molecule has 2 rings (SSSR count). The summed E-state index contributed by atoms with van der Waals surface area (Å²) in [6.45, 7) is 3.61. The number of nitrogens with zero attached hydrogens (tertiary/aromatic N) is 1. The van der Waals surface area contributed by atoms with Gasteiger partial charge in [0, 0.05) is 19.2 Å². The summed E-state index contributed by atoms with van der Waals surface area (Å²) in [5.74, 6) is 0.0165. The largest absolute Gasteiger partial charge is 0.484 e. The van der Waals surface area contributed by atoms with Gasteiger partial charge in [0.2, 0.25) is 5.91 Å². The third kappa shape index (κ3) is 4.89. The van der Waals surface area contributed by atoms with Gasteiger partial charge in [0.25, 0.3) is 5.91 Å². The topological polar surface area (TPSA) is 81.9 Å². The summed E-state index contributed by atoms with van der Waals surface area (Å²) < 4.78 is 10.6. The molecule has 6 nitrogen and oxygen atoms in total. The summed E-state index contributed by atoms with van der Waals surface area (Å²) in [4.78, 5) is 24.5. The Hall–Kier alpha value is -2.34. The van der Waals surface area contributed by atoms with Crippen molar-refractivity contribution in [1.82, 2.24) is 4.90 Å². The Kier molecular flexibility index (Phi) is 5.55. The Labute approximate surface area is 129 Å². The van der Waals surface area contributed by atoms with Gasteiger partial charge in [-0.1, -0.05) is 12.1 Å². The number of hydrogen-bond acceptors (Lipinski definition) is 4. The van der Waals surface area contributed by atoms with Gasteiger partial charge in [0.1, 0.15) is 5.75 Å². The van der Waals surface area contributed by atoms with Gasteiger partial charge in [-0.25, -0.2) is 0 Å². The highest BCUT2D eigenvalue weighted by molar-refractivity contribution is 5.91. The lowest BCUT2D eigenvalue weighted by molar-refractivity contribution is -0.132. The number of morpholine rings is 1. The van der Waals surface area contributed by atoms with Crippen molar-refractivity contribution in [3.05, 3.63) is 35.9 Å². The lowest BCUT2D eigenvalue weighted by Crippen LogP contribution is -2.43. The Balaban J connectivity index is 1.89. The highest BCUT2D eigenvalue weighted by Crippen LogP contribution is 2.13. The first-order chi connectivity index (χ1) is 10.5. The number of carbonyl (C=O) groups is 2. The van der Waals surface area contributed by atoms with Crippen molar-refractivity contribution in [2.45, 2.75) is 13.0 Å². The maximum atomic E-state index is 12.1. The molecule has 0 bridgehead atoms. The van der Waals surface area contributed by atoms with Crippen LogP contribution in [0.5, 0.6) is 5.75 Å². The fourth-order valence-corrected chi connectivity index (χ4v) is 2.12. The van der Waals surface area contributed by atoms with Gasteiger partial charge in [-0.2, -0.15) is 0 Å². The number of amides is 2. The van der Waals surface area contributed by atoms with Crippen molar-refractivity contribution in [3.63, 3.8) is 0 Å². The maximum Gasteiger partial charge on any atom is 0.255 e. The third-order valence-electron chi connectivity index (χ3n) is 3.23. The molecule has 1 aliphatic heterocycles. The molecule has 1 atom stereocenters. The maximum absolute atomic E-state index is 12.1. The van der Waals surface area contributed by atoms with Gasteiger partial charge in [0.05, 0.1) is 12.7 Å². The standard InChI is InChI=1S/C16H20N2O4/c1-12-10-18(8-9-21-12)16(20)7-4-13-2-5-14(6-3-13)22-11-15(17)19/h2-7,12H,8-11H2,1H3,(H2,17,19)/b7-4+. The number of carbonyl (C=O) groups excluding carboxylic acids is 2. The van der Waals surface area contributed by atoms with E-state index in [9.17, 15) is 9.59 Å². The van der Waals surface area contributed by atoms with Crippen LogP contribution in [0.15, 0.2) is 30.3 Å². The Bertz CT molecular complexity index is 554. The second-order valence-corrected chi connectivity index (χ2v) is 5.12. The summed E-state index contributed by atoms with van der Waals surface area (Å²) in [5.41, 5.74) is 5.88. The van der Waals surface area contributed by atoms with Crippen molar-refractivity contribution in [3.8, 4) is 5.75 Å². The molecule has 0 aliphatic carbocycles. The van der Waals surface area contributed by atoms with Crippen LogP contribution in [0, 0.1) is 0 Å². The van der Waals surface area contributed by atoms with Gasteiger partial charge in [0.15, 0.2) is 6.61 Å². The molecular formula is C16H20N2O4. The van der Waals surface area contributed by atoms with Gasteiger partial charge in [-0.3, -0.25) is 9.59 Å². The van der Waals surface area contributed by atoms with E-state index in [4.69, 9.17) is 15.2 Å². The normalized spacial score (nSPS) is 18.4. The quantitative estimate of drug-likeness (QED) is 0.816. The Morgan fingerprint density at radius 3 is 2.77 bits per heavy atom. The first kappa shape index (κ1) is 16.0. The lowest BCUT2D eigenvalue weighted by atomic mass is 10.2. The summed E-state index contributed by atoms with van der Waals surface area (Å²) in [6.07, 6.45) is 3.38. The zero-order chi connectivity index (χ0) is 15.9. The van der Waals surface area contributed by atoms with Crippen LogP contribution >= 0.6 is 0 Å². The molecule has 2 amide bonds. The number of ether oxygens (including phenoxy) is 2. The molecular weight excluding hydrogens is 284 g/mol. The van der Waals surface area contributed by atoms with E-state index in [0.29, 0.717) is 25.4 Å². The van der Waals surface area contributed by atoms with Crippen LogP contribution in [-0.2, 0) is 14.3 Å². The summed E-state index contributed by atoms with van der Waals surface area (Å²) in [6, 6.07) is 7.07. The van der Waals surface area contributed by atoms with E-state index in [-0.39, 0.29) is 18.6 Å². The molecule has 1 aromatic carbocycles. The molecule has 1 heterocycles. The third-order valence-corrected chi connectivity index (χ3v) is 3.23. The van der Waals surface area contributed by atoms with Crippen LogP contribution in [-0.4, -0.2) is 49.1 Å². The van der Waals surface area contributed by atoms with E-state index >= 15 is 0 Å². The van der Waals surface area contributed by atoms with Crippen LogP contribution in [0.1, 0.15) is 12.5 Å². The SMILES string of the molecule is CC1CN(C(=O)/C=C/c2ccc(OCC(N)=O)cc2)CCO1. The molecule has 1 unspecified atom stereocenters. The van der Waals surface area contributed by atoms with E-state index in [1.54, 1.807) is 29.2 Å². The summed E-state index contributed by atoms with van der Waals surface area (Å²) >= 11 is 0. The van der Waals surface area contributed by atoms with E-state index < -0.39 is 5.91 Å². The van der Waals surface area contributed by atoms with Crippen molar-refractivity contribution in [2.24, 2.45) is 5.73 Å². The van der Waals surface area contributed by atoms with Crippen LogP contribution < -0.4 is 10.5 Å². The van der Waals surface area contributed by atoms with E-state index in [1.165, 1.54) is 0 Å². The monoisotopic (exact) mass is 304 g/mol. The Morgan fingerprint density at radius 2 is 2.14 bits per heavy atom. The first-order valence-corrected chi connectivity index (χ1v) is 7.14. The van der Waals surface area contributed by atoms with Crippen molar-refractivity contribution in [2.75, 3.05) is 26.3 Å². The van der Waals surface area contributed by atoms with Crippen molar-refractivity contribution in [1.29, 1.82) is 0 Å². The number of primary amides is 1. The van der Waals surface area contributed by atoms with Crippen LogP contribution in [0.2, 0.25) is 0 Å². The molecule has 1 aromatic rings. The van der Waals surface area contributed by atoms with Crippen molar-refractivity contribution < 1.29 is 19.1 Å². The van der Waals surface area contributed by atoms with E-state index in [0.717, 1.165) is 5.56 Å². The fourth-order valence-electron chi connectivity index (χ4n) is 2.12. The average molecular weight is 304 g/mol. The number of hydrogen-bond donors (Lipinski definition) is 1. The second-order valence-electron chi connectivity index (χ2n) is 5.12. The Morgan fingerprint density at radius 1 is 1.41 bits per heavy atom. The van der Waals surface area contributed by atoms with E-state index in [1.807, 2.05) is 19.1 Å². The molecule has 6 heteroatoms. The molecule has 0 spiro atoms. The van der Waals surface area contributed by atoms with Gasteiger partial charge in [-0.05, 0) is 30.7 Å². The molecule has 118 valence electrons. The zero-order valence-electron chi connectivity index (χ0n) is 12.5. The average Bonchev–Trinajstić information content (AvgIpc) is 2.51. The number of rotatable bonds is 5. The van der Waals surface area contributed by atoms with E-state index in [2.05, 4.69) is 0 Å².